The van der Waals surface area contributed by atoms with Crippen LogP contribution in [0.2, 0.25) is 0 Å². The van der Waals surface area contributed by atoms with E-state index < -0.39 is 27.3 Å². The highest BCUT2D eigenvalue weighted by atomic mass is 32.2. The number of benzene rings is 1. The molecule has 1 atom stereocenters. The minimum atomic E-state index is -3.42. The van der Waals surface area contributed by atoms with E-state index in [4.69, 9.17) is 9.84 Å². The first-order valence-electron chi connectivity index (χ1n) is 5.81. The SMILES string of the molecule is CCS(=O)(=O)c1ccc2c(c1)NC(=O)[C@](C)(C(=O)O)O2. The zero-order valence-corrected chi connectivity index (χ0v) is 11.7. The number of sulfone groups is 1. The van der Waals surface area contributed by atoms with Crippen LogP contribution in [-0.4, -0.2) is 36.8 Å². The maximum absolute atomic E-state index is 11.8. The molecule has 1 aliphatic rings. The minimum Gasteiger partial charge on any atom is -0.478 e. The number of amides is 1. The fourth-order valence-electron chi connectivity index (χ4n) is 1.70. The number of carboxylic acid groups (broad SMARTS) is 1. The Balaban J connectivity index is 2.49. The molecule has 1 amide bonds. The summed E-state index contributed by atoms with van der Waals surface area (Å²) < 4.78 is 28.7. The molecule has 0 fully saturated rings. The van der Waals surface area contributed by atoms with Crippen molar-refractivity contribution < 1.29 is 27.9 Å². The predicted octanol–water partition coefficient (Wildman–Crippen LogP) is 0.654. The van der Waals surface area contributed by atoms with Crippen molar-refractivity contribution >= 4 is 27.4 Å². The van der Waals surface area contributed by atoms with Crippen LogP contribution in [0, 0.1) is 0 Å². The van der Waals surface area contributed by atoms with E-state index in [1.165, 1.54) is 25.1 Å². The van der Waals surface area contributed by atoms with Gasteiger partial charge in [-0.05, 0) is 25.1 Å². The van der Waals surface area contributed by atoms with Gasteiger partial charge >= 0.3 is 5.97 Å². The van der Waals surface area contributed by atoms with E-state index in [-0.39, 0.29) is 22.1 Å². The molecule has 2 rings (SSSR count). The van der Waals surface area contributed by atoms with Crippen molar-refractivity contribution in [2.24, 2.45) is 0 Å². The first-order chi connectivity index (χ1) is 9.20. The summed E-state index contributed by atoms with van der Waals surface area (Å²) in [5.41, 5.74) is -1.89. The molecule has 1 aromatic carbocycles. The van der Waals surface area contributed by atoms with E-state index >= 15 is 0 Å². The second-order valence-corrected chi connectivity index (χ2v) is 6.73. The molecule has 8 heteroatoms. The zero-order valence-electron chi connectivity index (χ0n) is 10.8. The number of carbonyl (C=O) groups is 2. The molecule has 20 heavy (non-hydrogen) atoms. The molecule has 1 aromatic rings. The van der Waals surface area contributed by atoms with Crippen molar-refractivity contribution in [3.63, 3.8) is 0 Å². The van der Waals surface area contributed by atoms with Gasteiger partial charge in [0.25, 0.3) is 11.5 Å². The zero-order chi connectivity index (χ0) is 15.1. The van der Waals surface area contributed by atoms with Crippen LogP contribution in [0.3, 0.4) is 0 Å². The molecular weight excluding hydrogens is 286 g/mol. The Bertz CT molecular complexity index is 696. The summed E-state index contributed by atoms with van der Waals surface area (Å²) in [5, 5.41) is 11.4. The highest BCUT2D eigenvalue weighted by Crippen LogP contribution is 2.35. The molecule has 0 radical (unpaired) electrons. The fourth-order valence-corrected chi connectivity index (χ4v) is 2.61. The van der Waals surface area contributed by atoms with Gasteiger partial charge in [0.05, 0.1) is 16.3 Å². The van der Waals surface area contributed by atoms with Gasteiger partial charge < -0.3 is 15.2 Å². The second kappa shape index (κ2) is 4.48. The van der Waals surface area contributed by atoms with Gasteiger partial charge in [-0.1, -0.05) is 6.92 Å². The molecule has 0 unspecified atom stereocenters. The molecule has 0 bridgehead atoms. The molecular formula is C12H13NO6S. The van der Waals surface area contributed by atoms with Gasteiger partial charge in [-0.15, -0.1) is 0 Å². The number of nitrogens with one attached hydrogen (secondary N) is 1. The van der Waals surface area contributed by atoms with E-state index in [0.29, 0.717) is 0 Å². The van der Waals surface area contributed by atoms with Gasteiger partial charge in [-0.25, -0.2) is 13.2 Å². The monoisotopic (exact) mass is 299 g/mol. The van der Waals surface area contributed by atoms with E-state index in [0.717, 1.165) is 6.92 Å². The van der Waals surface area contributed by atoms with E-state index in [2.05, 4.69) is 5.32 Å². The molecule has 108 valence electrons. The van der Waals surface area contributed by atoms with Crippen molar-refractivity contribution in [1.82, 2.24) is 0 Å². The summed E-state index contributed by atoms with van der Waals surface area (Å²) in [7, 11) is -3.42. The van der Waals surface area contributed by atoms with Crippen molar-refractivity contribution in [3.8, 4) is 5.75 Å². The van der Waals surface area contributed by atoms with Gasteiger partial charge in [0, 0.05) is 0 Å². The smallest absolute Gasteiger partial charge is 0.357 e. The van der Waals surface area contributed by atoms with Gasteiger partial charge in [0.1, 0.15) is 5.75 Å². The Morgan fingerprint density at radius 1 is 1.45 bits per heavy atom. The molecule has 1 aliphatic heterocycles. The van der Waals surface area contributed by atoms with Crippen LogP contribution in [0.15, 0.2) is 23.1 Å². The average molecular weight is 299 g/mol. The molecule has 7 nitrogen and oxygen atoms in total. The lowest BCUT2D eigenvalue weighted by Crippen LogP contribution is -2.54. The topological polar surface area (TPSA) is 110 Å². The molecule has 2 N–H and O–H groups in total. The summed E-state index contributed by atoms with van der Waals surface area (Å²) in [6.07, 6.45) is 0. The van der Waals surface area contributed by atoms with Crippen LogP contribution in [-0.2, 0) is 19.4 Å². The first-order valence-corrected chi connectivity index (χ1v) is 7.46. The lowest BCUT2D eigenvalue weighted by atomic mass is 10.0. The summed E-state index contributed by atoms with van der Waals surface area (Å²) in [6.45, 7) is 2.63. The van der Waals surface area contributed by atoms with Crippen molar-refractivity contribution in [3.05, 3.63) is 18.2 Å². The number of hydrogen-bond donors (Lipinski definition) is 2. The van der Waals surface area contributed by atoms with Crippen LogP contribution in [0.5, 0.6) is 5.75 Å². The largest absolute Gasteiger partial charge is 0.478 e. The lowest BCUT2D eigenvalue weighted by Gasteiger charge is -2.31. The number of anilines is 1. The fraction of sp³-hybridized carbons (Fsp3) is 0.333. The van der Waals surface area contributed by atoms with Gasteiger partial charge in [-0.3, -0.25) is 4.79 Å². The number of aliphatic carboxylic acids is 1. The molecule has 0 aromatic heterocycles. The Morgan fingerprint density at radius 2 is 2.10 bits per heavy atom. The number of rotatable bonds is 3. The second-order valence-electron chi connectivity index (χ2n) is 4.46. The van der Waals surface area contributed by atoms with Crippen LogP contribution >= 0.6 is 0 Å². The Hall–Kier alpha value is -2.09. The summed E-state index contributed by atoms with van der Waals surface area (Å²) >= 11 is 0. The molecule has 0 spiro atoms. The van der Waals surface area contributed by atoms with Crippen LogP contribution < -0.4 is 10.1 Å². The quantitative estimate of drug-likeness (QED) is 0.793. The third kappa shape index (κ3) is 2.11. The first kappa shape index (κ1) is 14.3. The normalized spacial score (nSPS) is 21.6. The highest BCUT2D eigenvalue weighted by Gasteiger charge is 2.47. The predicted molar refractivity (Wildman–Crippen MR) is 69.5 cm³/mol. The van der Waals surface area contributed by atoms with E-state index in [1.54, 1.807) is 0 Å². The van der Waals surface area contributed by atoms with Crippen LogP contribution in [0.4, 0.5) is 5.69 Å². The third-order valence-electron chi connectivity index (χ3n) is 3.09. The third-order valence-corrected chi connectivity index (χ3v) is 4.83. The number of fused-ring (bicyclic) bond motifs is 1. The Morgan fingerprint density at radius 3 is 2.65 bits per heavy atom. The Labute approximate surface area is 115 Å². The number of carbonyl (C=O) groups excluding carboxylic acids is 1. The summed E-state index contributed by atoms with van der Waals surface area (Å²) in [6, 6.07) is 3.91. The summed E-state index contributed by atoms with van der Waals surface area (Å²) in [5.74, 6) is -2.24. The average Bonchev–Trinajstić information content (AvgIpc) is 2.39. The van der Waals surface area contributed by atoms with E-state index in [1.807, 2.05) is 0 Å². The van der Waals surface area contributed by atoms with Crippen LogP contribution in [0.25, 0.3) is 0 Å². The van der Waals surface area contributed by atoms with Gasteiger partial charge in [0.15, 0.2) is 9.84 Å². The maximum Gasteiger partial charge on any atom is 0.357 e. The van der Waals surface area contributed by atoms with Gasteiger partial charge in [0.2, 0.25) is 0 Å². The van der Waals surface area contributed by atoms with Crippen molar-refractivity contribution in [2.75, 3.05) is 11.1 Å². The standard InChI is InChI=1S/C12H13NO6S/c1-3-20(17,18)7-4-5-9-8(6-7)13-10(14)12(2,19-9)11(15)16/h4-6H,3H2,1-2H3,(H,13,14)(H,15,16)/t12-/m1/s1. The number of ether oxygens (including phenoxy) is 1. The minimum absolute atomic E-state index is 0.0431. The molecule has 0 saturated carbocycles. The lowest BCUT2D eigenvalue weighted by molar-refractivity contribution is -0.159. The molecule has 0 aliphatic carbocycles. The van der Waals surface area contributed by atoms with Crippen molar-refractivity contribution in [1.29, 1.82) is 0 Å². The highest BCUT2D eigenvalue weighted by molar-refractivity contribution is 7.91. The van der Waals surface area contributed by atoms with Gasteiger partial charge in [-0.2, -0.15) is 0 Å². The number of hydrogen-bond acceptors (Lipinski definition) is 5. The Kier molecular flexibility index (Phi) is 3.21. The van der Waals surface area contributed by atoms with Crippen molar-refractivity contribution in [2.45, 2.75) is 24.3 Å². The number of carboxylic acids is 1. The molecule has 1 heterocycles. The summed E-state index contributed by atoms with van der Waals surface area (Å²) in [4.78, 5) is 22.9. The van der Waals surface area contributed by atoms with Crippen LogP contribution in [0.1, 0.15) is 13.8 Å². The maximum atomic E-state index is 11.8. The van der Waals surface area contributed by atoms with E-state index in [9.17, 15) is 18.0 Å². The molecule has 0 saturated heterocycles.